The monoisotopic (exact) mass is 344 g/mol. The number of carbonyl (C=O) groups is 2. The first-order valence-corrected chi connectivity index (χ1v) is 7.64. The normalized spacial score (nSPS) is 16.4. The van der Waals surface area contributed by atoms with E-state index in [1.165, 1.54) is 15.7 Å². The molecule has 3 rings (SSSR count). The van der Waals surface area contributed by atoms with Gasteiger partial charge >= 0.3 is 11.8 Å². The molecule has 0 spiro atoms. The first-order valence-electron chi connectivity index (χ1n) is 7.64. The Morgan fingerprint density at radius 1 is 1.36 bits per heavy atom. The second kappa shape index (κ2) is 6.34. The molecule has 0 aliphatic carbocycles. The molecule has 25 heavy (non-hydrogen) atoms. The molecular formula is C16H16N4O5. The number of carboxylic acid groups (broad SMARTS) is 1. The zero-order chi connectivity index (χ0) is 18.1. The number of aryl methyl sites for hydroxylation is 1. The van der Waals surface area contributed by atoms with Gasteiger partial charge in [0.2, 0.25) is 11.7 Å². The molecule has 0 bridgehead atoms. The van der Waals surface area contributed by atoms with Crippen LogP contribution in [0.4, 0.5) is 5.82 Å². The van der Waals surface area contributed by atoms with Crippen molar-refractivity contribution in [2.75, 3.05) is 0 Å². The number of carbonyl (C=O) groups excluding carboxylic acids is 1. The summed E-state index contributed by atoms with van der Waals surface area (Å²) < 4.78 is 1.36. The van der Waals surface area contributed by atoms with Gasteiger partial charge in [-0.05, 0) is 21.0 Å². The van der Waals surface area contributed by atoms with Gasteiger partial charge in [0.1, 0.15) is 18.8 Å². The van der Waals surface area contributed by atoms with Gasteiger partial charge in [0.15, 0.2) is 0 Å². The number of hydrogen-bond acceptors (Lipinski definition) is 5. The highest BCUT2D eigenvalue weighted by atomic mass is 16.6. The smallest absolute Gasteiger partial charge is 0.381 e. The molecule has 2 aromatic rings. The molecule has 9 nitrogen and oxygen atoms in total. The summed E-state index contributed by atoms with van der Waals surface area (Å²) in [6, 6.07) is 6.44. The second-order valence-corrected chi connectivity index (χ2v) is 5.88. The van der Waals surface area contributed by atoms with Gasteiger partial charge in [0.05, 0.1) is 0 Å². The van der Waals surface area contributed by atoms with Crippen molar-refractivity contribution in [2.24, 2.45) is 0 Å². The van der Waals surface area contributed by atoms with Gasteiger partial charge in [0, 0.05) is 19.9 Å². The van der Waals surface area contributed by atoms with Gasteiger partial charge in [-0.1, -0.05) is 24.3 Å². The van der Waals surface area contributed by atoms with E-state index in [0.717, 1.165) is 11.1 Å². The first kappa shape index (κ1) is 16.6. The Hall–Kier alpha value is -3.23. The van der Waals surface area contributed by atoms with E-state index in [1.807, 2.05) is 24.3 Å². The van der Waals surface area contributed by atoms with Crippen molar-refractivity contribution in [1.29, 1.82) is 0 Å². The Labute approximate surface area is 142 Å². The van der Waals surface area contributed by atoms with E-state index < -0.39 is 22.8 Å². The molecule has 1 amide bonds. The number of amides is 1. The van der Waals surface area contributed by atoms with Crippen molar-refractivity contribution in [3.63, 3.8) is 0 Å². The van der Waals surface area contributed by atoms with Crippen LogP contribution in [0.5, 0.6) is 0 Å². The van der Waals surface area contributed by atoms with Crippen molar-refractivity contribution in [3.8, 4) is 0 Å². The molecule has 0 fully saturated rings. The summed E-state index contributed by atoms with van der Waals surface area (Å²) in [5.74, 6) is -1.51. The third-order valence-corrected chi connectivity index (χ3v) is 4.31. The van der Waals surface area contributed by atoms with Crippen LogP contribution in [0.25, 0.3) is 0 Å². The van der Waals surface area contributed by atoms with Crippen LogP contribution in [0.1, 0.15) is 17.0 Å². The maximum absolute atomic E-state index is 12.7. The topological polar surface area (TPSA) is 119 Å². The number of nitrogens with zero attached hydrogens (tertiary/aromatic N) is 4. The Balaban J connectivity index is 1.85. The van der Waals surface area contributed by atoms with Gasteiger partial charge in [-0.3, -0.25) is 9.36 Å². The van der Waals surface area contributed by atoms with Gasteiger partial charge in [-0.15, -0.1) is 0 Å². The Bertz CT molecular complexity index is 860. The van der Waals surface area contributed by atoms with Crippen LogP contribution in [-0.2, 0) is 29.1 Å². The van der Waals surface area contributed by atoms with Gasteiger partial charge < -0.3 is 20.1 Å². The lowest BCUT2D eigenvalue weighted by atomic mass is 9.94. The second-order valence-electron chi connectivity index (χ2n) is 5.88. The molecule has 1 atom stereocenters. The standard InChI is InChI=1S/C16H16N4O5/c1-10-17-14(20(24)25)8-18(10)9-15(21)19-7-12-5-3-2-4-11(12)6-13(19)16(22)23/h2-5,8,13H,6-7,9H2,1H3,(H,22,23). The molecule has 9 heteroatoms. The van der Waals surface area contributed by atoms with Crippen molar-refractivity contribution < 1.29 is 19.6 Å². The van der Waals surface area contributed by atoms with Crippen molar-refractivity contribution in [3.05, 3.63) is 57.5 Å². The fourth-order valence-corrected chi connectivity index (χ4v) is 2.98. The lowest BCUT2D eigenvalue weighted by Crippen LogP contribution is -2.49. The van der Waals surface area contributed by atoms with Gasteiger partial charge in [-0.2, -0.15) is 0 Å². The highest BCUT2D eigenvalue weighted by Gasteiger charge is 2.34. The van der Waals surface area contributed by atoms with E-state index in [1.54, 1.807) is 6.92 Å². The van der Waals surface area contributed by atoms with Crippen LogP contribution in [0.3, 0.4) is 0 Å². The average molecular weight is 344 g/mol. The van der Waals surface area contributed by atoms with E-state index in [2.05, 4.69) is 4.98 Å². The summed E-state index contributed by atoms with van der Waals surface area (Å²) >= 11 is 0. The molecule has 1 unspecified atom stereocenters. The number of rotatable bonds is 4. The van der Waals surface area contributed by atoms with Crippen molar-refractivity contribution in [1.82, 2.24) is 14.5 Å². The Morgan fingerprint density at radius 3 is 2.64 bits per heavy atom. The minimum absolute atomic E-state index is 0.196. The highest BCUT2D eigenvalue weighted by molar-refractivity contribution is 5.84. The van der Waals surface area contributed by atoms with E-state index in [0.29, 0.717) is 5.82 Å². The van der Waals surface area contributed by atoms with Crippen LogP contribution < -0.4 is 0 Å². The fraction of sp³-hybridized carbons (Fsp3) is 0.312. The largest absolute Gasteiger partial charge is 0.480 e. The lowest BCUT2D eigenvalue weighted by molar-refractivity contribution is -0.389. The summed E-state index contributed by atoms with van der Waals surface area (Å²) in [5.41, 5.74) is 1.81. The number of fused-ring (bicyclic) bond motifs is 1. The number of aromatic nitrogens is 2. The van der Waals surface area contributed by atoms with E-state index >= 15 is 0 Å². The highest BCUT2D eigenvalue weighted by Crippen LogP contribution is 2.24. The molecule has 1 aromatic carbocycles. The van der Waals surface area contributed by atoms with Crippen molar-refractivity contribution >= 4 is 17.7 Å². The van der Waals surface area contributed by atoms with Crippen LogP contribution in [-0.4, -0.2) is 42.4 Å². The molecule has 1 N–H and O–H groups in total. The average Bonchev–Trinajstić information content (AvgIpc) is 2.94. The Kier molecular flexibility index (Phi) is 4.22. The molecule has 1 aromatic heterocycles. The number of aliphatic carboxylic acids is 1. The predicted octanol–water partition coefficient (Wildman–Crippen LogP) is 1.14. The van der Waals surface area contributed by atoms with Gasteiger partial charge in [0.25, 0.3) is 0 Å². The summed E-state index contributed by atoms with van der Waals surface area (Å²) in [6.45, 7) is 1.56. The molecule has 0 saturated carbocycles. The third-order valence-electron chi connectivity index (χ3n) is 4.31. The molecule has 0 saturated heterocycles. The number of imidazole rings is 1. The maximum Gasteiger partial charge on any atom is 0.381 e. The number of benzene rings is 1. The minimum Gasteiger partial charge on any atom is -0.480 e. The van der Waals surface area contributed by atoms with Crippen LogP contribution in [0.15, 0.2) is 30.5 Å². The molecular weight excluding hydrogens is 328 g/mol. The molecule has 2 heterocycles. The zero-order valence-corrected chi connectivity index (χ0v) is 13.5. The maximum atomic E-state index is 12.7. The van der Waals surface area contributed by atoms with E-state index in [-0.39, 0.29) is 25.3 Å². The number of hydrogen-bond donors (Lipinski definition) is 1. The number of carboxylic acids is 1. The van der Waals surface area contributed by atoms with E-state index in [4.69, 9.17) is 0 Å². The summed E-state index contributed by atoms with van der Waals surface area (Å²) in [7, 11) is 0. The summed E-state index contributed by atoms with van der Waals surface area (Å²) in [4.78, 5) is 39.5. The molecule has 1 aliphatic rings. The lowest BCUT2D eigenvalue weighted by Gasteiger charge is -2.34. The van der Waals surface area contributed by atoms with E-state index in [9.17, 15) is 24.8 Å². The predicted molar refractivity (Wildman–Crippen MR) is 85.7 cm³/mol. The van der Waals surface area contributed by atoms with Crippen molar-refractivity contribution in [2.45, 2.75) is 32.5 Å². The third kappa shape index (κ3) is 3.21. The molecule has 1 aliphatic heterocycles. The SMILES string of the molecule is Cc1nc([N+](=O)[O-])cn1CC(=O)N1Cc2ccccc2CC1C(=O)O. The number of nitro groups is 1. The van der Waals surface area contributed by atoms with Crippen LogP contribution in [0, 0.1) is 17.0 Å². The minimum atomic E-state index is -1.07. The Morgan fingerprint density at radius 2 is 2.04 bits per heavy atom. The fourth-order valence-electron chi connectivity index (χ4n) is 2.98. The summed E-state index contributed by atoms with van der Waals surface area (Å²) in [6.07, 6.45) is 1.42. The quantitative estimate of drug-likeness (QED) is 0.656. The summed E-state index contributed by atoms with van der Waals surface area (Å²) in [5, 5.41) is 20.3. The van der Waals surface area contributed by atoms with Crippen LogP contribution in [0.2, 0.25) is 0 Å². The van der Waals surface area contributed by atoms with Gasteiger partial charge in [-0.25, -0.2) is 4.79 Å². The zero-order valence-electron chi connectivity index (χ0n) is 13.5. The molecule has 130 valence electrons. The molecule has 0 radical (unpaired) electrons. The van der Waals surface area contributed by atoms with Crippen LogP contribution >= 0.6 is 0 Å². The first-order chi connectivity index (χ1) is 11.9.